The number of ether oxygens (including phenoxy) is 1. The molecule has 1 fully saturated rings. The summed E-state index contributed by atoms with van der Waals surface area (Å²) in [5.41, 5.74) is 3.34. The van der Waals surface area contributed by atoms with Crippen LogP contribution in [0.2, 0.25) is 0 Å². The Morgan fingerprint density at radius 3 is 2.57 bits per heavy atom. The maximum Gasteiger partial charge on any atom is 0.331 e. The van der Waals surface area contributed by atoms with Crippen molar-refractivity contribution in [3.8, 4) is 16.9 Å². The highest BCUT2D eigenvalue weighted by Crippen LogP contribution is 2.26. The molecule has 0 spiro atoms. The quantitative estimate of drug-likeness (QED) is 0.420. The lowest BCUT2D eigenvalue weighted by molar-refractivity contribution is -0.143. The van der Waals surface area contributed by atoms with Gasteiger partial charge in [-0.05, 0) is 43.2 Å². The summed E-state index contributed by atoms with van der Waals surface area (Å²) in [5.74, 6) is -0.845. The number of nitrogens with one attached hydrogen (secondary N) is 1. The van der Waals surface area contributed by atoms with Crippen molar-refractivity contribution in [3.05, 3.63) is 76.9 Å². The van der Waals surface area contributed by atoms with Crippen LogP contribution in [0.15, 0.2) is 71.3 Å². The summed E-state index contributed by atoms with van der Waals surface area (Å²) in [6, 6.07) is 17.8. The van der Waals surface area contributed by atoms with Crippen molar-refractivity contribution >= 4 is 33.9 Å². The van der Waals surface area contributed by atoms with E-state index in [-0.39, 0.29) is 18.6 Å². The highest BCUT2D eigenvalue weighted by Gasteiger charge is 2.23. The number of carbonyl (C=O) groups excluding carboxylic acids is 2. The average molecular weight is 466 g/mol. The van der Waals surface area contributed by atoms with Crippen LogP contribution < -0.4 is 5.32 Å². The highest BCUT2D eigenvalue weighted by atomic mass is 79.9. The van der Waals surface area contributed by atoms with E-state index in [2.05, 4.69) is 21.2 Å². The molecule has 0 atom stereocenters. The zero-order valence-corrected chi connectivity index (χ0v) is 17.7. The van der Waals surface area contributed by atoms with E-state index >= 15 is 0 Å². The van der Waals surface area contributed by atoms with E-state index in [9.17, 15) is 9.59 Å². The van der Waals surface area contributed by atoms with Crippen molar-refractivity contribution in [2.75, 3.05) is 6.61 Å². The average Bonchev–Trinajstić information content (AvgIpc) is 3.47. The van der Waals surface area contributed by atoms with Gasteiger partial charge >= 0.3 is 5.97 Å². The zero-order chi connectivity index (χ0) is 20.9. The number of carbonyl (C=O) groups is 2. The largest absolute Gasteiger partial charge is 0.452 e. The predicted molar refractivity (Wildman–Crippen MR) is 118 cm³/mol. The van der Waals surface area contributed by atoms with Gasteiger partial charge < -0.3 is 10.1 Å². The van der Waals surface area contributed by atoms with Crippen molar-refractivity contribution < 1.29 is 14.3 Å². The summed E-state index contributed by atoms with van der Waals surface area (Å²) in [5, 5.41) is 7.49. The second-order valence-electron chi connectivity index (χ2n) is 7.00. The minimum atomic E-state index is -0.574. The van der Waals surface area contributed by atoms with E-state index in [0.717, 1.165) is 39.8 Å². The van der Waals surface area contributed by atoms with Crippen LogP contribution in [0, 0.1) is 0 Å². The van der Waals surface area contributed by atoms with Gasteiger partial charge in [0, 0.05) is 33.9 Å². The minimum absolute atomic E-state index is 0.240. The second kappa shape index (κ2) is 9.09. The molecular formula is C23H20BrN3O3. The summed E-state index contributed by atoms with van der Waals surface area (Å²) in [7, 11) is 0. The maximum atomic E-state index is 12.1. The van der Waals surface area contributed by atoms with E-state index < -0.39 is 5.97 Å². The Hall–Kier alpha value is -3.19. The zero-order valence-electron chi connectivity index (χ0n) is 16.1. The van der Waals surface area contributed by atoms with Crippen LogP contribution in [0.1, 0.15) is 18.4 Å². The first-order valence-electron chi connectivity index (χ1n) is 9.64. The summed E-state index contributed by atoms with van der Waals surface area (Å²) < 4.78 is 7.78. The lowest BCUT2D eigenvalue weighted by Crippen LogP contribution is -2.30. The van der Waals surface area contributed by atoms with Crippen LogP contribution in [0.4, 0.5) is 0 Å². The van der Waals surface area contributed by atoms with Gasteiger partial charge in [-0.3, -0.25) is 4.79 Å². The molecule has 7 heteroatoms. The molecule has 30 heavy (non-hydrogen) atoms. The van der Waals surface area contributed by atoms with Crippen LogP contribution in [0.25, 0.3) is 23.0 Å². The van der Waals surface area contributed by atoms with Gasteiger partial charge in [0.1, 0.15) is 0 Å². The minimum Gasteiger partial charge on any atom is -0.452 e. The fourth-order valence-electron chi connectivity index (χ4n) is 2.89. The molecule has 1 saturated carbocycles. The van der Waals surface area contributed by atoms with E-state index in [4.69, 9.17) is 9.84 Å². The van der Waals surface area contributed by atoms with Crippen molar-refractivity contribution in [1.82, 2.24) is 15.1 Å². The van der Waals surface area contributed by atoms with Crippen LogP contribution in [-0.4, -0.2) is 34.3 Å². The van der Waals surface area contributed by atoms with E-state index in [1.54, 1.807) is 10.8 Å². The monoisotopic (exact) mass is 465 g/mol. The first-order valence-corrected chi connectivity index (χ1v) is 10.4. The summed E-state index contributed by atoms with van der Waals surface area (Å²) in [6.07, 6.45) is 6.81. The molecule has 4 rings (SSSR count). The molecule has 0 saturated heterocycles. The third-order valence-electron chi connectivity index (χ3n) is 4.57. The Bertz CT molecular complexity index is 1070. The van der Waals surface area contributed by atoms with E-state index in [1.807, 2.05) is 60.8 Å². The van der Waals surface area contributed by atoms with Crippen LogP contribution in [0.3, 0.4) is 0 Å². The lowest BCUT2D eigenvalue weighted by atomic mass is 10.1. The molecule has 0 aliphatic heterocycles. The van der Waals surface area contributed by atoms with Gasteiger partial charge in [-0.15, -0.1) is 0 Å². The van der Waals surface area contributed by atoms with Gasteiger partial charge in [0.15, 0.2) is 6.61 Å². The van der Waals surface area contributed by atoms with Crippen LogP contribution in [-0.2, 0) is 14.3 Å². The molecule has 1 aliphatic rings. The smallest absolute Gasteiger partial charge is 0.331 e. The first-order chi connectivity index (χ1) is 14.6. The SMILES string of the molecule is O=C(COC(=O)/C=C/c1cn(-c2ccccc2)nc1-c1ccc(Br)cc1)NC1CC1. The van der Waals surface area contributed by atoms with Crippen molar-refractivity contribution in [2.24, 2.45) is 0 Å². The molecule has 0 bridgehead atoms. The number of amides is 1. The molecular weight excluding hydrogens is 446 g/mol. The van der Waals surface area contributed by atoms with Crippen molar-refractivity contribution in [2.45, 2.75) is 18.9 Å². The standard InChI is InChI=1S/C23H20BrN3O3/c24-18-9-6-16(7-10-18)23-17(14-27(26-23)20-4-2-1-3-5-20)8-13-22(29)30-15-21(28)25-19-11-12-19/h1-10,13-14,19H,11-12,15H2,(H,25,28)/b13-8+. The Kier molecular flexibility index (Phi) is 6.09. The Morgan fingerprint density at radius 1 is 1.13 bits per heavy atom. The molecule has 1 aliphatic carbocycles. The van der Waals surface area contributed by atoms with Gasteiger partial charge in [0.25, 0.3) is 5.91 Å². The number of halogens is 1. The number of aromatic nitrogens is 2. The van der Waals surface area contributed by atoms with Gasteiger partial charge in [0.05, 0.1) is 11.4 Å². The molecule has 1 aromatic heterocycles. The molecule has 0 radical (unpaired) electrons. The molecule has 3 aromatic rings. The van der Waals surface area contributed by atoms with Crippen LogP contribution >= 0.6 is 15.9 Å². The number of hydrogen-bond acceptors (Lipinski definition) is 4. The Balaban J connectivity index is 1.53. The molecule has 152 valence electrons. The fraction of sp³-hybridized carbons (Fsp3) is 0.174. The number of rotatable bonds is 7. The van der Waals surface area contributed by atoms with Gasteiger partial charge in [0.2, 0.25) is 0 Å². The molecule has 2 aromatic carbocycles. The summed E-state index contributed by atoms with van der Waals surface area (Å²) in [4.78, 5) is 23.7. The predicted octanol–water partition coefficient (Wildman–Crippen LogP) is 4.14. The number of nitrogens with zero attached hydrogens (tertiary/aromatic N) is 2. The fourth-order valence-corrected chi connectivity index (χ4v) is 3.16. The number of hydrogen-bond donors (Lipinski definition) is 1. The maximum absolute atomic E-state index is 12.1. The second-order valence-corrected chi connectivity index (χ2v) is 7.92. The molecule has 6 nitrogen and oxygen atoms in total. The van der Waals surface area contributed by atoms with Gasteiger partial charge in [-0.25, -0.2) is 9.48 Å². The third-order valence-corrected chi connectivity index (χ3v) is 5.10. The topological polar surface area (TPSA) is 73.2 Å². The summed E-state index contributed by atoms with van der Waals surface area (Å²) in [6.45, 7) is -0.275. The van der Waals surface area contributed by atoms with E-state index in [1.165, 1.54) is 6.08 Å². The van der Waals surface area contributed by atoms with Gasteiger partial charge in [-0.2, -0.15) is 5.10 Å². The van der Waals surface area contributed by atoms with Crippen molar-refractivity contribution in [3.63, 3.8) is 0 Å². The Morgan fingerprint density at radius 2 is 1.87 bits per heavy atom. The third kappa shape index (κ3) is 5.24. The molecule has 1 N–H and O–H groups in total. The van der Waals surface area contributed by atoms with Crippen molar-refractivity contribution in [1.29, 1.82) is 0 Å². The first kappa shape index (κ1) is 20.1. The Labute approximate surface area is 182 Å². The van der Waals surface area contributed by atoms with Crippen LogP contribution in [0.5, 0.6) is 0 Å². The normalized spacial score (nSPS) is 13.4. The number of para-hydroxylation sites is 1. The number of esters is 1. The van der Waals surface area contributed by atoms with E-state index in [0.29, 0.717) is 0 Å². The summed E-state index contributed by atoms with van der Waals surface area (Å²) >= 11 is 3.44. The lowest BCUT2D eigenvalue weighted by Gasteiger charge is -2.03. The number of benzene rings is 2. The van der Waals surface area contributed by atoms with Gasteiger partial charge in [-0.1, -0.05) is 46.3 Å². The molecule has 1 heterocycles. The molecule has 0 unspecified atom stereocenters. The highest BCUT2D eigenvalue weighted by molar-refractivity contribution is 9.10. The molecule has 1 amide bonds.